The number of benzene rings is 2. The third-order valence-electron chi connectivity index (χ3n) is 3.85. The molecule has 1 unspecified atom stereocenters. The fourth-order valence-corrected chi connectivity index (χ4v) is 4.89. The van der Waals surface area contributed by atoms with E-state index in [0.717, 1.165) is 28.5 Å². The lowest BCUT2D eigenvalue weighted by Crippen LogP contribution is -1.98. The quantitative estimate of drug-likeness (QED) is 0.290. The van der Waals surface area contributed by atoms with Crippen molar-refractivity contribution in [3.8, 4) is 21.6 Å². The Morgan fingerprint density at radius 1 is 0.909 bits per heavy atom. The lowest BCUT2D eigenvalue weighted by Gasteiger charge is -2.14. The molecule has 0 radical (unpaired) electrons. The summed E-state index contributed by atoms with van der Waals surface area (Å²) >= 11 is 3.19. The van der Waals surface area contributed by atoms with Gasteiger partial charge in [0, 0.05) is 16.0 Å². The molecule has 0 fully saturated rings. The zero-order valence-electron chi connectivity index (χ0n) is 11.0. The van der Waals surface area contributed by atoms with E-state index in [2.05, 4.69) is 22.6 Å². The fourth-order valence-electron chi connectivity index (χ4n) is 2.89. The molecule has 22 heavy (non-hydrogen) atoms. The van der Waals surface area contributed by atoms with Crippen molar-refractivity contribution in [2.75, 3.05) is 0 Å². The Morgan fingerprint density at radius 2 is 1.68 bits per heavy atom. The van der Waals surface area contributed by atoms with Crippen LogP contribution in [-0.2, 0) is 0 Å². The van der Waals surface area contributed by atoms with Gasteiger partial charge in [-0.25, -0.2) is 8.78 Å². The molecule has 1 aliphatic carbocycles. The molecule has 0 spiro atoms. The van der Waals surface area contributed by atoms with Crippen molar-refractivity contribution in [1.82, 2.24) is 0 Å². The SMILES string of the molecule is Fc1cc2c(s1)-c1ccccc1C(I)c1ccc(F)c(F)c1-2. The molecule has 5 heteroatoms. The first-order chi connectivity index (χ1) is 10.6. The van der Waals surface area contributed by atoms with Gasteiger partial charge in [0.1, 0.15) is 0 Å². The lowest BCUT2D eigenvalue weighted by molar-refractivity contribution is 0.510. The zero-order valence-corrected chi connectivity index (χ0v) is 14.0. The number of hydrogen-bond donors (Lipinski definition) is 0. The van der Waals surface area contributed by atoms with Gasteiger partial charge in [-0.1, -0.05) is 52.9 Å². The predicted octanol–water partition coefficient (Wildman–Crippen LogP) is 6.34. The van der Waals surface area contributed by atoms with Crippen molar-refractivity contribution >= 4 is 33.9 Å². The highest BCUT2D eigenvalue weighted by atomic mass is 127. The Hall–Kier alpha value is -1.34. The fraction of sp³-hybridized carbons (Fsp3) is 0.0588. The van der Waals surface area contributed by atoms with Crippen molar-refractivity contribution in [2.24, 2.45) is 0 Å². The Kier molecular flexibility index (Phi) is 3.30. The highest BCUT2D eigenvalue weighted by Crippen LogP contribution is 2.51. The molecule has 1 heterocycles. The molecule has 1 aromatic heterocycles. The van der Waals surface area contributed by atoms with Crippen LogP contribution in [0.2, 0.25) is 0 Å². The summed E-state index contributed by atoms with van der Waals surface area (Å²) in [7, 11) is 0. The lowest BCUT2D eigenvalue weighted by atomic mass is 9.98. The van der Waals surface area contributed by atoms with E-state index in [1.807, 2.05) is 24.3 Å². The van der Waals surface area contributed by atoms with Crippen LogP contribution in [0.5, 0.6) is 0 Å². The molecule has 4 rings (SSSR count). The third-order valence-corrected chi connectivity index (χ3v) is 6.15. The number of thiophene rings is 1. The molecular formula is C17H8F3IS. The number of fused-ring (bicyclic) bond motifs is 5. The summed E-state index contributed by atoms with van der Waals surface area (Å²) in [5.41, 5.74) is 3.13. The minimum absolute atomic E-state index is 0.124. The standard InChI is InChI=1S/C17H8F3IS/c18-12-6-5-10-14(15(12)20)11-7-13(19)22-17(11)9-4-2-1-3-8(9)16(10)21/h1-7,16H. The summed E-state index contributed by atoms with van der Waals surface area (Å²) in [6.07, 6.45) is 0. The maximum atomic E-state index is 14.5. The van der Waals surface area contributed by atoms with Gasteiger partial charge < -0.3 is 0 Å². The predicted molar refractivity (Wildman–Crippen MR) is 90.9 cm³/mol. The Morgan fingerprint density at radius 3 is 2.50 bits per heavy atom. The van der Waals surface area contributed by atoms with E-state index in [-0.39, 0.29) is 9.49 Å². The summed E-state index contributed by atoms with van der Waals surface area (Å²) in [6, 6.07) is 11.6. The van der Waals surface area contributed by atoms with Crippen molar-refractivity contribution in [2.45, 2.75) is 3.92 Å². The maximum Gasteiger partial charge on any atom is 0.177 e. The van der Waals surface area contributed by atoms with Crippen LogP contribution in [0.15, 0.2) is 42.5 Å². The zero-order chi connectivity index (χ0) is 15.4. The molecule has 3 aromatic rings. The number of hydrogen-bond acceptors (Lipinski definition) is 1. The van der Waals surface area contributed by atoms with Gasteiger partial charge in [-0.15, -0.1) is 11.3 Å². The van der Waals surface area contributed by atoms with Gasteiger partial charge in [0.25, 0.3) is 0 Å². The number of alkyl halides is 1. The first-order valence-electron chi connectivity index (χ1n) is 6.59. The third kappa shape index (κ3) is 1.95. The number of rotatable bonds is 0. The molecule has 0 nitrogen and oxygen atoms in total. The van der Waals surface area contributed by atoms with E-state index < -0.39 is 16.8 Å². The highest BCUT2D eigenvalue weighted by molar-refractivity contribution is 14.1. The monoisotopic (exact) mass is 428 g/mol. The van der Waals surface area contributed by atoms with E-state index in [1.54, 1.807) is 6.07 Å². The summed E-state index contributed by atoms with van der Waals surface area (Å²) in [6.45, 7) is 0. The number of halogens is 4. The molecule has 1 atom stereocenters. The van der Waals surface area contributed by atoms with E-state index in [4.69, 9.17) is 0 Å². The normalized spacial score (nSPS) is 15.7. The van der Waals surface area contributed by atoms with Gasteiger partial charge in [0.2, 0.25) is 0 Å². The molecule has 0 aliphatic heterocycles. The largest absolute Gasteiger partial charge is 0.204 e. The van der Waals surface area contributed by atoms with Crippen LogP contribution in [-0.4, -0.2) is 0 Å². The van der Waals surface area contributed by atoms with Crippen LogP contribution in [0.1, 0.15) is 15.1 Å². The van der Waals surface area contributed by atoms with Crippen LogP contribution in [0.3, 0.4) is 0 Å². The van der Waals surface area contributed by atoms with Gasteiger partial charge in [-0.2, -0.15) is 4.39 Å². The van der Waals surface area contributed by atoms with E-state index in [0.29, 0.717) is 16.0 Å². The van der Waals surface area contributed by atoms with Crippen molar-refractivity contribution < 1.29 is 13.2 Å². The second-order valence-electron chi connectivity index (χ2n) is 5.07. The molecular weight excluding hydrogens is 420 g/mol. The van der Waals surface area contributed by atoms with Crippen molar-refractivity contribution in [1.29, 1.82) is 0 Å². The maximum absolute atomic E-state index is 14.5. The summed E-state index contributed by atoms with van der Waals surface area (Å²) in [5.74, 6) is -1.82. The average Bonchev–Trinajstić information content (AvgIpc) is 2.86. The van der Waals surface area contributed by atoms with Crippen LogP contribution < -0.4 is 0 Å². The van der Waals surface area contributed by atoms with Gasteiger partial charge in [0.15, 0.2) is 16.8 Å². The average molecular weight is 428 g/mol. The van der Waals surface area contributed by atoms with Crippen molar-refractivity contribution in [3.05, 3.63) is 70.4 Å². The first kappa shape index (κ1) is 14.3. The molecule has 0 bridgehead atoms. The second kappa shape index (κ2) is 5.09. The van der Waals surface area contributed by atoms with Gasteiger partial charge in [0.05, 0.1) is 3.92 Å². The van der Waals surface area contributed by atoms with E-state index >= 15 is 0 Å². The molecule has 0 N–H and O–H groups in total. The molecule has 0 amide bonds. The Labute approximate surface area is 142 Å². The molecule has 1 aliphatic rings. The van der Waals surface area contributed by atoms with E-state index in [9.17, 15) is 13.2 Å². The Balaban J connectivity index is 2.18. The van der Waals surface area contributed by atoms with Gasteiger partial charge in [-0.3, -0.25) is 0 Å². The molecule has 110 valence electrons. The van der Waals surface area contributed by atoms with Crippen LogP contribution in [0.25, 0.3) is 21.6 Å². The van der Waals surface area contributed by atoms with Crippen molar-refractivity contribution in [3.63, 3.8) is 0 Å². The Bertz CT molecular complexity index is 901. The minimum atomic E-state index is -0.911. The van der Waals surface area contributed by atoms with Gasteiger partial charge >= 0.3 is 0 Å². The summed E-state index contributed by atoms with van der Waals surface area (Å²) < 4.78 is 41.9. The van der Waals surface area contributed by atoms with Crippen LogP contribution >= 0.6 is 33.9 Å². The summed E-state index contributed by atoms with van der Waals surface area (Å²) in [5, 5.41) is -0.402. The smallest absolute Gasteiger partial charge is 0.177 e. The van der Waals surface area contributed by atoms with Gasteiger partial charge in [-0.05, 0) is 28.8 Å². The molecule has 0 saturated carbocycles. The molecule has 0 saturated heterocycles. The highest BCUT2D eigenvalue weighted by Gasteiger charge is 2.30. The van der Waals surface area contributed by atoms with Crippen LogP contribution in [0, 0.1) is 16.8 Å². The minimum Gasteiger partial charge on any atom is -0.204 e. The summed E-state index contributed by atoms with van der Waals surface area (Å²) in [4.78, 5) is 0.651. The molecule has 2 aromatic carbocycles. The van der Waals surface area contributed by atoms with Crippen LogP contribution in [0.4, 0.5) is 13.2 Å². The second-order valence-corrected chi connectivity index (χ2v) is 7.32. The first-order valence-corrected chi connectivity index (χ1v) is 8.65. The van der Waals surface area contributed by atoms with E-state index in [1.165, 1.54) is 6.07 Å². The topological polar surface area (TPSA) is 0 Å².